The Morgan fingerprint density at radius 1 is 1.35 bits per heavy atom. The zero-order chi connectivity index (χ0) is 23.1. The minimum absolute atomic E-state index is 0.321. The molecule has 0 saturated carbocycles. The molecule has 3 rings (SSSR count). The van der Waals surface area contributed by atoms with Gasteiger partial charge in [0.25, 0.3) is 5.56 Å². The smallest absolute Gasteiger partial charge is 0.341 e. The second kappa shape index (κ2) is 8.44. The molecule has 0 aromatic carbocycles. The van der Waals surface area contributed by atoms with E-state index in [4.69, 9.17) is 20.3 Å². The Hall–Kier alpha value is -2.70. The summed E-state index contributed by atoms with van der Waals surface area (Å²) >= 11 is 0. The summed E-state index contributed by atoms with van der Waals surface area (Å²) in [6.45, 7) is -1.84. The number of anilines is 1. The van der Waals surface area contributed by atoms with Gasteiger partial charge in [-0.2, -0.15) is 4.98 Å². The van der Waals surface area contributed by atoms with Crippen LogP contribution in [0.25, 0.3) is 11.2 Å². The van der Waals surface area contributed by atoms with E-state index in [0.717, 1.165) is 10.9 Å². The van der Waals surface area contributed by atoms with Gasteiger partial charge in [-0.25, -0.2) is 14.3 Å². The lowest BCUT2D eigenvalue weighted by atomic mass is 10.1. The maximum Gasteiger partial charge on any atom is 0.341 e. The monoisotopic (exact) mass is 447 g/mol. The van der Waals surface area contributed by atoms with E-state index < -0.39 is 67.3 Å². The highest BCUT2D eigenvalue weighted by molar-refractivity contribution is 5.76. The molecule has 1 aliphatic rings. The maximum absolute atomic E-state index is 12.5. The molecule has 2 aromatic heterocycles. The highest BCUT2D eigenvalue weighted by Crippen LogP contribution is 2.38. The fourth-order valence-corrected chi connectivity index (χ4v) is 3.07. The molecule has 16 nitrogen and oxygen atoms in total. The summed E-state index contributed by atoms with van der Waals surface area (Å²) in [6.07, 6.45) is -11.1. The first-order chi connectivity index (χ1) is 14.6. The molecule has 0 bridgehead atoms. The van der Waals surface area contributed by atoms with Crippen molar-refractivity contribution >= 4 is 23.1 Å². The number of fused-ring (bicyclic) bond motifs is 1. The van der Waals surface area contributed by atoms with Crippen LogP contribution in [0.2, 0.25) is 0 Å². The Kier molecular flexibility index (Phi) is 6.25. The van der Waals surface area contributed by atoms with Crippen LogP contribution in [0.1, 0.15) is 0 Å². The van der Waals surface area contributed by atoms with Gasteiger partial charge in [-0.15, -0.1) is 0 Å². The van der Waals surface area contributed by atoms with Crippen molar-refractivity contribution in [2.75, 3.05) is 18.9 Å². The molecule has 0 radical (unpaired) electrons. The molecule has 2 aromatic rings. The Labute approximate surface area is 171 Å². The summed E-state index contributed by atoms with van der Waals surface area (Å²) in [5.41, 5.74) is 4.04. The fourth-order valence-electron chi connectivity index (χ4n) is 3.07. The van der Waals surface area contributed by atoms with Gasteiger partial charge in [0.05, 0.1) is 13.2 Å². The normalized spacial score (nSPS) is 29.1. The van der Waals surface area contributed by atoms with Gasteiger partial charge < -0.3 is 51.0 Å². The van der Waals surface area contributed by atoms with Gasteiger partial charge >= 0.3 is 11.9 Å². The summed E-state index contributed by atoms with van der Waals surface area (Å²) in [4.78, 5) is 34.3. The molecule has 0 amide bonds. The molecule has 0 unspecified atom stereocenters. The van der Waals surface area contributed by atoms with Gasteiger partial charge in [0.2, 0.25) is 5.95 Å². The standard InChI is InChI=1S/C15H21N5O11/c16-14-18-11-6(12(28)19-14)17-3-20(11)15(10(27)8(25)5(2-22)30-15)31-13(29)9(26)7(24)4(23)1-21/h3-5,7-10,21-27H,1-2H2,(H3,16,18,19,28)/t4-,5-,7-,8-,9-,10-,15+/m1/s1. The first-order valence-electron chi connectivity index (χ1n) is 8.83. The van der Waals surface area contributed by atoms with E-state index in [-0.39, 0.29) is 17.1 Å². The van der Waals surface area contributed by atoms with Gasteiger partial charge in [0, 0.05) is 0 Å². The molecule has 7 atom stereocenters. The predicted molar refractivity (Wildman–Crippen MR) is 95.7 cm³/mol. The van der Waals surface area contributed by atoms with Gasteiger partial charge in [-0.3, -0.25) is 9.78 Å². The van der Waals surface area contributed by atoms with Crippen molar-refractivity contribution in [3.63, 3.8) is 0 Å². The number of H-pyrrole nitrogens is 1. The number of esters is 1. The number of nitrogen functional groups attached to an aromatic ring is 1. The highest BCUT2D eigenvalue weighted by Gasteiger charge is 2.60. The topological polar surface area (TPSA) is 267 Å². The van der Waals surface area contributed by atoms with Crippen molar-refractivity contribution in [2.45, 2.75) is 42.5 Å². The van der Waals surface area contributed by atoms with Crippen LogP contribution in [0.15, 0.2) is 11.1 Å². The maximum atomic E-state index is 12.5. The number of carbonyl (C=O) groups excluding carboxylic acids is 1. The van der Waals surface area contributed by atoms with Crippen LogP contribution in [0.5, 0.6) is 0 Å². The van der Waals surface area contributed by atoms with Gasteiger partial charge in [-0.05, 0) is 0 Å². The lowest BCUT2D eigenvalue weighted by Gasteiger charge is -2.33. The number of ether oxygens (including phenoxy) is 2. The quantitative estimate of drug-likeness (QED) is 0.179. The molecule has 172 valence electrons. The molecule has 1 aliphatic heterocycles. The van der Waals surface area contributed by atoms with Crippen molar-refractivity contribution < 1.29 is 50.0 Å². The molecular weight excluding hydrogens is 426 g/mol. The van der Waals surface area contributed by atoms with E-state index in [1.807, 2.05) is 0 Å². The number of aliphatic hydroxyl groups excluding tert-OH is 7. The first kappa shape index (κ1) is 23.0. The molecule has 0 spiro atoms. The van der Waals surface area contributed by atoms with Crippen LogP contribution in [-0.4, -0.2) is 111 Å². The zero-order valence-electron chi connectivity index (χ0n) is 15.6. The number of hydrogen-bond donors (Lipinski definition) is 9. The van der Waals surface area contributed by atoms with Crippen LogP contribution in [0, 0.1) is 0 Å². The number of carbonyl (C=O) groups is 1. The minimum Gasteiger partial charge on any atom is -0.408 e. The third-order valence-corrected chi connectivity index (χ3v) is 4.73. The van der Waals surface area contributed by atoms with Crippen LogP contribution >= 0.6 is 0 Å². The number of hydrogen-bond acceptors (Lipinski definition) is 14. The molecule has 3 heterocycles. The van der Waals surface area contributed by atoms with E-state index in [9.17, 15) is 40.2 Å². The minimum atomic E-state index is -2.73. The van der Waals surface area contributed by atoms with Crippen LogP contribution in [0.3, 0.4) is 0 Å². The van der Waals surface area contributed by atoms with E-state index >= 15 is 0 Å². The van der Waals surface area contributed by atoms with Crippen molar-refractivity contribution in [2.24, 2.45) is 0 Å². The van der Waals surface area contributed by atoms with E-state index in [1.54, 1.807) is 0 Å². The zero-order valence-corrected chi connectivity index (χ0v) is 15.6. The third kappa shape index (κ3) is 3.75. The average Bonchev–Trinajstić information content (AvgIpc) is 3.27. The van der Waals surface area contributed by atoms with Crippen LogP contribution in [0.4, 0.5) is 5.95 Å². The number of nitrogens with two attached hydrogens (primary N) is 1. The number of rotatable bonds is 7. The Balaban J connectivity index is 2.11. The van der Waals surface area contributed by atoms with Crippen molar-refractivity contribution in [1.29, 1.82) is 0 Å². The van der Waals surface area contributed by atoms with E-state index in [2.05, 4.69) is 15.0 Å². The van der Waals surface area contributed by atoms with Crippen LogP contribution in [-0.2, 0) is 20.2 Å². The summed E-state index contributed by atoms with van der Waals surface area (Å²) in [7, 11) is 0. The number of imidazole rings is 1. The van der Waals surface area contributed by atoms with E-state index in [0.29, 0.717) is 0 Å². The molecule has 31 heavy (non-hydrogen) atoms. The van der Waals surface area contributed by atoms with Crippen LogP contribution < -0.4 is 11.3 Å². The first-order valence-corrected chi connectivity index (χ1v) is 8.83. The Morgan fingerprint density at radius 3 is 2.61 bits per heavy atom. The fraction of sp³-hybridized carbons (Fsp3) is 0.600. The molecule has 16 heteroatoms. The number of aromatic amines is 1. The average molecular weight is 447 g/mol. The number of aromatic nitrogens is 4. The second-order valence-electron chi connectivity index (χ2n) is 6.75. The number of nitrogens with zero attached hydrogens (tertiary/aromatic N) is 3. The van der Waals surface area contributed by atoms with Gasteiger partial charge in [-0.1, -0.05) is 0 Å². The molecule has 0 aliphatic carbocycles. The van der Waals surface area contributed by atoms with Crippen molar-refractivity contribution in [1.82, 2.24) is 19.5 Å². The lowest BCUT2D eigenvalue weighted by Crippen LogP contribution is -2.53. The molecule has 10 N–H and O–H groups in total. The summed E-state index contributed by atoms with van der Waals surface area (Å²) in [5, 5.41) is 68.3. The molecule has 1 saturated heterocycles. The summed E-state index contributed by atoms with van der Waals surface area (Å²) in [5.74, 6) is -4.77. The molecule has 1 fully saturated rings. The van der Waals surface area contributed by atoms with Crippen molar-refractivity contribution in [3.05, 3.63) is 16.7 Å². The van der Waals surface area contributed by atoms with Gasteiger partial charge in [0.1, 0.15) is 30.7 Å². The lowest BCUT2D eigenvalue weighted by molar-refractivity contribution is -0.303. The Bertz CT molecular complexity index is 1010. The largest absolute Gasteiger partial charge is 0.408 e. The summed E-state index contributed by atoms with van der Waals surface area (Å²) in [6, 6.07) is 0. The van der Waals surface area contributed by atoms with Crippen molar-refractivity contribution in [3.8, 4) is 0 Å². The molecular formula is C15H21N5O11. The SMILES string of the molecule is Nc1nc2c(ncn2[C@]2(OC(=O)[C@H](O)[C@H](O)[C@H](O)CO)O[C@H](CO)[C@@H](O)[C@H]2O)c(=O)[nH]1. The third-order valence-electron chi connectivity index (χ3n) is 4.73. The highest BCUT2D eigenvalue weighted by atomic mass is 16.8. The second-order valence-corrected chi connectivity index (χ2v) is 6.75. The Morgan fingerprint density at radius 2 is 2.03 bits per heavy atom. The van der Waals surface area contributed by atoms with E-state index in [1.165, 1.54) is 0 Å². The number of nitrogens with one attached hydrogen (secondary N) is 1. The number of aliphatic hydroxyl groups is 7. The predicted octanol–water partition coefficient (Wildman–Crippen LogP) is -5.96. The van der Waals surface area contributed by atoms with Gasteiger partial charge in [0.15, 0.2) is 23.4 Å². The summed E-state index contributed by atoms with van der Waals surface area (Å²) < 4.78 is 11.2.